The first-order chi connectivity index (χ1) is 14.5. The number of aromatic nitrogens is 3. The second-order valence-corrected chi connectivity index (χ2v) is 8.61. The lowest BCUT2D eigenvalue weighted by molar-refractivity contribution is -0.119. The summed E-state index contributed by atoms with van der Waals surface area (Å²) in [6, 6.07) is 6.06. The SMILES string of the molecule is Cc1ccc(NC(=O)C2CCCC2)cc1NC(=O)c1cn(C2CCC(N)CC2)nn1. The van der Waals surface area contributed by atoms with Gasteiger partial charge in [0.15, 0.2) is 5.69 Å². The number of carbonyl (C=O) groups excluding carboxylic acids is 2. The Labute approximate surface area is 176 Å². The first-order valence-electron chi connectivity index (χ1n) is 10.9. The van der Waals surface area contributed by atoms with Crippen LogP contribution in [0.25, 0.3) is 0 Å². The number of rotatable bonds is 5. The topological polar surface area (TPSA) is 115 Å². The van der Waals surface area contributed by atoms with E-state index < -0.39 is 0 Å². The Hall–Kier alpha value is -2.74. The van der Waals surface area contributed by atoms with E-state index in [4.69, 9.17) is 5.73 Å². The van der Waals surface area contributed by atoms with Crippen LogP contribution in [0.15, 0.2) is 24.4 Å². The molecule has 2 saturated carbocycles. The normalized spacial score (nSPS) is 22.1. The van der Waals surface area contributed by atoms with Crippen molar-refractivity contribution in [3.8, 4) is 0 Å². The molecule has 0 bridgehead atoms. The molecule has 1 aromatic carbocycles. The quantitative estimate of drug-likeness (QED) is 0.699. The van der Waals surface area contributed by atoms with E-state index in [-0.39, 0.29) is 35.5 Å². The van der Waals surface area contributed by atoms with Crippen molar-refractivity contribution in [2.45, 2.75) is 70.4 Å². The molecule has 0 spiro atoms. The van der Waals surface area contributed by atoms with E-state index in [0.717, 1.165) is 56.9 Å². The van der Waals surface area contributed by atoms with E-state index in [9.17, 15) is 9.59 Å². The second-order valence-electron chi connectivity index (χ2n) is 8.61. The lowest BCUT2D eigenvalue weighted by Gasteiger charge is -2.25. The Morgan fingerprint density at radius 1 is 1.07 bits per heavy atom. The maximum atomic E-state index is 12.7. The van der Waals surface area contributed by atoms with Crippen molar-refractivity contribution in [2.75, 3.05) is 10.6 Å². The van der Waals surface area contributed by atoms with E-state index in [1.54, 1.807) is 16.9 Å². The summed E-state index contributed by atoms with van der Waals surface area (Å²) in [4.78, 5) is 25.1. The number of aryl methyl sites for hydroxylation is 1. The van der Waals surface area contributed by atoms with Gasteiger partial charge in [0.25, 0.3) is 5.91 Å². The Morgan fingerprint density at radius 3 is 2.53 bits per heavy atom. The molecule has 8 nitrogen and oxygen atoms in total. The highest BCUT2D eigenvalue weighted by molar-refractivity contribution is 6.03. The molecule has 2 aromatic rings. The van der Waals surface area contributed by atoms with Crippen LogP contribution >= 0.6 is 0 Å². The molecule has 0 aliphatic heterocycles. The molecule has 0 radical (unpaired) electrons. The van der Waals surface area contributed by atoms with E-state index in [1.807, 2.05) is 19.1 Å². The average Bonchev–Trinajstić information content (AvgIpc) is 3.43. The van der Waals surface area contributed by atoms with E-state index in [1.165, 1.54) is 0 Å². The van der Waals surface area contributed by atoms with Crippen LogP contribution in [-0.4, -0.2) is 32.9 Å². The Morgan fingerprint density at radius 2 is 1.80 bits per heavy atom. The molecule has 8 heteroatoms. The summed E-state index contributed by atoms with van der Waals surface area (Å²) >= 11 is 0. The molecular weight excluding hydrogens is 380 g/mol. The van der Waals surface area contributed by atoms with Crippen molar-refractivity contribution in [2.24, 2.45) is 11.7 Å². The fourth-order valence-electron chi connectivity index (χ4n) is 4.38. The highest BCUT2D eigenvalue weighted by atomic mass is 16.2. The molecular formula is C22H30N6O2. The molecule has 2 aliphatic carbocycles. The smallest absolute Gasteiger partial charge is 0.277 e. The van der Waals surface area contributed by atoms with Gasteiger partial charge in [0.1, 0.15) is 0 Å². The average molecular weight is 411 g/mol. The number of nitrogens with two attached hydrogens (primary N) is 1. The van der Waals surface area contributed by atoms with Gasteiger partial charge in [-0.3, -0.25) is 9.59 Å². The van der Waals surface area contributed by atoms with Crippen LogP contribution in [0.1, 0.15) is 73.5 Å². The van der Waals surface area contributed by atoms with Gasteiger partial charge in [0.2, 0.25) is 5.91 Å². The minimum atomic E-state index is -0.309. The number of hydrogen-bond acceptors (Lipinski definition) is 5. The van der Waals surface area contributed by atoms with Gasteiger partial charge in [-0.15, -0.1) is 5.10 Å². The molecule has 1 aromatic heterocycles. The zero-order chi connectivity index (χ0) is 21.1. The number of amides is 2. The molecule has 0 atom stereocenters. The van der Waals surface area contributed by atoms with Crippen LogP contribution in [-0.2, 0) is 4.79 Å². The standard InChI is InChI=1S/C22H30N6O2/c1-14-6-9-17(24-21(29)15-4-2-3-5-15)12-19(14)25-22(30)20-13-28(27-26-20)18-10-7-16(23)8-11-18/h6,9,12-13,15-16,18H,2-5,7-8,10-11,23H2,1H3,(H,24,29)(H,25,30). The molecule has 0 saturated heterocycles. The van der Waals surface area contributed by atoms with Gasteiger partial charge in [-0.05, 0) is 63.1 Å². The fraction of sp³-hybridized carbons (Fsp3) is 0.545. The number of nitrogens with zero attached hydrogens (tertiary/aromatic N) is 3. The van der Waals surface area contributed by atoms with Gasteiger partial charge in [-0.25, -0.2) is 4.68 Å². The monoisotopic (exact) mass is 410 g/mol. The van der Waals surface area contributed by atoms with E-state index in [0.29, 0.717) is 11.4 Å². The zero-order valence-electron chi connectivity index (χ0n) is 17.4. The van der Waals surface area contributed by atoms with Gasteiger partial charge in [0, 0.05) is 23.3 Å². The van der Waals surface area contributed by atoms with Crippen LogP contribution < -0.4 is 16.4 Å². The summed E-state index contributed by atoms with van der Waals surface area (Å²) in [7, 11) is 0. The second kappa shape index (κ2) is 8.95. The molecule has 2 aliphatic rings. The van der Waals surface area contributed by atoms with E-state index in [2.05, 4.69) is 20.9 Å². The first-order valence-corrected chi connectivity index (χ1v) is 10.9. The van der Waals surface area contributed by atoms with Crippen molar-refractivity contribution in [1.82, 2.24) is 15.0 Å². The number of nitrogens with one attached hydrogen (secondary N) is 2. The number of hydrogen-bond donors (Lipinski definition) is 3. The lowest BCUT2D eigenvalue weighted by Crippen LogP contribution is -2.28. The molecule has 0 unspecified atom stereocenters. The Kier molecular flexibility index (Phi) is 6.13. The van der Waals surface area contributed by atoms with Crippen LogP contribution in [0.5, 0.6) is 0 Å². The van der Waals surface area contributed by atoms with Gasteiger partial charge in [-0.2, -0.15) is 0 Å². The first kappa shape index (κ1) is 20.5. The van der Waals surface area contributed by atoms with Crippen molar-refractivity contribution in [3.05, 3.63) is 35.7 Å². The van der Waals surface area contributed by atoms with Gasteiger partial charge in [-0.1, -0.05) is 24.1 Å². The number of carbonyl (C=O) groups is 2. The van der Waals surface area contributed by atoms with E-state index >= 15 is 0 Å². The van der Waals surface area contributed by atoms with Crippen molar-refractivity contribution in [1.29, 1.82) is 0 Å². The molecule has 4 rings (SSSR count). The highest BCUT2D eigenvalue weighted by Crippen LogP contribution is 2.28. The Bertz CT molecular complexity index is 910. The molecule has 160 valence electrons. The maximum Gasteiger partial charge on any atom is 0.277 e. The fourth-order valence-corrected chi connectivity index (χ4v) is 4.38. The predicted molar refractivity (Wildman–Crippen MR) is 115 cm³/mol. The number of anilines is 2. The third-order valence-corrected chi connectivity index (χ3v) is 6.34. The molecule has 30 heavy (non-hydrogen) atoms. The molecule has 2 amide bonds. The lowest BCUT2D eigenvalue weighted by atomic mass is 9.92. The third-order valence-electron chi connectivity index (χ3n) is 6.34. The highest BCUT2D eigenvalue weighted by Gasteiger charge is 2.24. The Balaban J connectivity index is 1.41. The minimum Gasteiger partial charge on any atom is -0.328 e. The van der Waals surface area contributed by atoms with Gasteiger partial charge in [0.05, 0.1) is 12.2 Å². The van der Waals surface area contributed by atoms with Crippen LogP contribution in [0.2, 0.25) is 0 Å². The molecule has 4 N–H and O–H groups in total. The van der Waals surface area contributed by atoms with Crippen LogP contribution in [0.3, 0.4) is 0 Å². The zero-order valence-corrected chi connectivity index (χ0v) is 17.4. The molecule has 2 fully saturated rings. The summed E-state index contributed by atoms with van der Waals surface area (Å²) < 4.78 is 1.78. The maximum absolute atomic E-state index is 12.7. The van der Waals surface area contributed by atoms with Gasteiger partial charge >= 0.3 is 0 Å². The predicted octanol–water partition coefficient (Wildman–Crippen LogP) is 3.41. The van der Waals surface area contributed by atoms with Crippen molar-refractivity contribution in [3.63, 3.8) is 0 Å². The summed E-state index contributed by atoms with van der Waals surface area (Å²) in [5.41, 5.74) is 8.51. The van der Waals surface area contributed by atoms with Gasteiger partial charge < -0.3 is 16.4 Å². The summed E-state index contributed by atoms with van der Waals surface area (Å²) in [5.74, 6) is -0.159. The summed E-state index contributed by atoms with van der Waals surface area (Å²) in [5, 5.41) is 14.1. The summed E-state index contributed by atoms with van der Waals surface area (Å²) in [6.45, 7) is 1.92. The largest absolute Gasteiger partial charge is 0.328 e. The van der Waals surface area contributed by atoms with Crippen LogP contribution in [0, 0.1) is 12.8 Å². The number of benzene rings is 1. The van der Waals surface area contributed by atoms with Crippen molar-refractivity contribution >= 4 is 23.2 Å². The van der Waals surface area contributed by atoms with Crippen molar-refractivity contribution < 1.29 is 9.59 Å². The van der Waals surface area contributed by atoms with Crippen LogP contribution in [0.4, 0.5) is 11.4 Å². The summed E-state index contributed by atoms with van der Waals surface area (Å²) in [6.07, 6.45) is 9.66. The third kappa shape index (κ3) is 4.70. The minimum absolute atomic E-state index is 0.0590. The molecule has 1 heterocycles.